The van der Waals surface area contributed by atoms with E-state index in [0.717, 1.165) is 31.5 Å². The molecule has 202 valence electrons. The summed E-state index contributed by atoms with van der Waals surface area (Å²) in [5, 5.41) is 6.34. The summed E-state index contributed by atoms with van der Waals surface area (Å²) in [5.74, 6) is 0.869. The number of anilines is 2. The largest absolute Gasteiger partial charge is 0.495 e. The zero-order valence-electron chi connectivity index (χ0n) is 22.5. The van der Waals surface area contributed by atoms with Gasteiger partial charge in [-0.15, -0.1) is 0 Å². The van der Waals surface area contributed by atoms with Gasteiger partial charge < -0.3 is 29.6 Å². The Hall–Kier alpha value is -4.44. The van der Waals surface area contributed by atoms with Gasteiger partial charge in [-0.3, -0.25) is 9.59 Å². The van der Waals surface area contributed by atoms with E-state index in [-0.39, 0.29) is 23.3 Å². The molecule has 1 saturated heterocycles. The van der Waals surface area contributed by atoms with E-state index in [1.54, 1.807) is 38.6 Å². The molecule has 1 fully saturated rings. The molecule has 3 heterocycles. The van der Waals surface area contributed by atoms with Gasteiger partial charge >= 0.3 is 0 Å². The number of hydrogen-bond acceptors (Lipinski definition) is 8. The Morgan fingerprint density at radius 3 is 2.46 bits per heavy atom. The number of carbonyl (C=O) groups excluding carboxylic acids is 1. The quantitative estimate of drug-likeness (QED) is 0.375. The van der Waals surface area contributed by atoms with E-state index in [2.05, 4.69) is 27.6 Å². The van der Waals surface area contributed by atoms with Crippen LogP contribution in [-0.2, 0) is 7.05 Å². The van der Waals surface area contributed by atoms with Gasteiger partial charge in [-0.25, -0.2) is 9.97 Å². The van der Waals surface area contributed by atoms with Crippen LogP contribution in [0.25, 0.3) is 22.2 Å². The van der Waals surface area contributed by atoms with Gasteiger partial charge in [0.2, 0.25) is 5.95 Å². The number of aromatic nitrogens is 3. The summed E-state index contributed by atoms with van der Waals surface area (Å²) in [6.07, 6.45) is 3.47. The van der Waals surface area contributed by atoms with Crippen molar-refractivity contribution in [1.82, 2.24) is 24.8 Å². The summed E-state index contributed by atoms with van der Waals surface area (Å²) in [6.45, 7) is 1.93. The summed E-state index contributed by atoms with van der Waals surface area (Å²) in [7, 11) is 6.78. The number of hydrogen-bond donors (Lipinski definition) is 2. The molecule has 0 radical (unpaired) electrons. The van der Waals surface area contributed by atoms with Crippen molar-refractivity contribution in [2.75, 3.05) is 39.7 Å². The Kier molecular flexibility index (Phi) is 7.47. The average Bonchev–Trinajstić information content (AvgIpc) is 2.96. The topological polar surface area (TPSA) is 111 Å². The summed E-state index contributed by atoms with van der Waals surface area (Å²) in [5.41, 5.74) is 3.37. The Morgan fingerprint density at radius 1 is 1.03 bits per heavy atom. The third-order valence-corrected chi connectivity index (χ3v) is 7.12. The molecule has 0 spiro atoms. The molecule has 1 aliphatic rings. The Labute approximate surface area is 226 Å². The molecule has 10 heteroatoms. The van der Waals surface area contributed by atoms with E-state index in [1.165, 1.54) is 11.7 Å². The lowest BCUT2D eigenvalue weighted by atomic mass is 10.0. The number of carbonyl (C=O) groups is 1. The molecule has 2 aromatic carbocycles. The molecule has 0 bridgehead atoms. The predicted octanol–water partition coefficient (Wildman–Crippen LogP) is 3.58. The van der Waals surface area contributed by atoms with Crippen molar-refractivity contribution in [3.05, 3.63) is 70.6 Å². The Morgan fingerprint density at radius 2 is 1.77 bits per heavy atom. The maximum absolute atomic E-state index is 13.0. The fourth-order valence-electron chi connectivity index (χ4n) is 4.88. The molecular formula is C29H32N6O4. The van der Waals surface area contributed by atoms with Gasteiger partial charge in [0.05, 0.1) is 37.2 Å². The molecule has 1 aliphatic heterocycles. The summed E-state index contributed by atoms with van der Waals surface area (Å²) >= 11 is 0. The number of amides is 1. The molecule has 0 unspecified atom stereocenters. The van der Waals surface area contributed by atoms with Gasteiger partial charge in [-0.2, -0.15) is 0 Å². The van der Waals surface area contributed by atoms with Crippen LogP contribution in [0.15, 0.2) is 59.5 Å². The second-order valence-corrected chi connectivity index (χ2v) is 9.66. The highest BCUT2D eigenvalue weighted by Crippen LogP contribution is 2.34. The van der Waals surface area contributed by atoms with Gasteiger partial charge in [0.1, 0.15) is 11.3 Å². The zero-order valence-corrected chi connectivity index (χ0v) is 22.5. The first-order valence-electron chi connectivity index (χ1n) is 12.8. The number of benzene rings is 2. The normalized spacial score (nSPS) is 14.3. The van der Waals surface area contributed by atoms with Crippen LogP contribution in [0.1, 0.15) is 23.2 Å². The lowest BCUT2D eigenvalue weighted by Crippen LogP contribution is -2.43. The summed E-state index contributed by atoms with van der Waals surface area (Å²) < 4.78 is 12.6. The standard InChI is InChI=1S/C29H32N6O4/c1-34-14-12-20(13-15-34)31-27(36)19-10-11-21(23(16-19)38-3)32-29-30-17-22-25(33-29)24(18-8-6-5-7-9-18)26(39-4)28(37)35(22)2/h5-11,16-17,20H,12-15H2,1-4H3,(H,31,36)(H,30,32,33). The van der Waals surface area contributed by atoms with Crippen molar-refractivity contribution in [1.29, 1.82) is 0 Å². The molecule has 0 atom stereocenters. The summed E-state index contributed by atoms with van der Waals surface area (Å²) in [4.78, 5) is 37.4. The number of aryl methyl sites for hydroxylation is 1. The van der Waals surface area contributed by atoms with Crippen LogP contribution in [0.2, 0.25) is 0 Å². The van der Waals surface area contributed by atoms with Crippen LogP contribution in [0.4, 0.5) is 11.6 Å². The first kappa shape index (κ1) is 26.2. The molecule has 10 nitrogen and oxygen atoms in total. The number of fused-ring (bicyclic) bond motifs is 1. The van der Waals surface area contributed by atoms with Crippen LogP contribution in [0.5, 0.6) is 11.5 Å². The van der Waals surface area contributed by atoms with Gasteiger partial charge in [-0.1, -0.05) is 30.3 Å². The second-order valence-electron chi connectivity index (χ2n) is 9.66. The average molecular weight is 529 g/mol. The van der Waals surface area contributed by atoms with E-state index >= 15 is 0 Å². The maximum Gasteiger partial charge on any atom is 0.293 e. The van der Waals surface area contributed by atoms with Crippen molar-refractivity contribution in [3.63, 3.8) is 0 Å². The number of pyridine rings is 1. The maximum atomic E-state index is 13.0. The molecule has 0 aliphatic carbocycles. The van der Waals surface area contributed by atoms with Crippen molar-refractivity contribution in [3.8, 4) is 22.6 Å². The number of nitrogens with zero attached hydrogens (tertiary/aromatic N) is 4. The molecule has 0 saturated carbocycles. The zero-order chi connectivity index (χ0) is 27.5. The summed E-state index contributed by atoms with van der Waals surface area (Å²) in [6, 6.07) is 14.9. The molecule has 4 aromatic rings. The van der Waals surface area contributed by atoms with E-state index in [9.17, 15) is 9.59 Å². The van der Waals surface area contributed by atoms with Crippen molar-refractivity contribution in [2.45, 2.75) is 18.9 Å². The van der Waals surface area contributed by atoms with Crippen LogP contribution in [0, 0.1) is 0 Å². The molecule has 39 heavy (non-hydrogen) atoms. The smallest absolute Gasteiger partial charge is 0.293 e. The third kappa shape index (κ3) is 5.28. The van der Waals surface area contributed by atoms with Gasteiger partial charge in [0.25, 0.3) is 11.5 Å². The van der Waals surface area contributed by atoms with E-state index in [4.69, 9.17) is 14.5 Å². The highest BCUT2D eigenvalue weighted by atomic mass is 16.5. The van der Waals surface area contributed by atoms with Gasteiger partial charge in [0.15, 0.2) is 5.75 Å². The molecule has 5 rings (SSSR count). The van der Waals surface area contributed by atoms with Crippen molar-refractivity contribution >= 4 is 28.6 Å². The number of piperidine rings is 1. The predicted molar refractivity (Wildman–Crippen MR) is 151 cm³/mol. The van der Waals surface area contributed by atoms with Crippen LogP contribution < -0.4 is 25.7 Å². The molecule has 2 aromatic heterocycles. The minimum absolute atomic E-state index is 0.128. The second kappa shape index (κ2) is 11.1. The van der Waals surface area contributed by atoms with Crippen LogP contribution in [0.3, 0.4) is 0 Å². The van der Waals surface area contributed by atoms with Crippen molar-refractivity contribution in [2.24, 2.45) is 7.05 Å². The number of methoxy groups -OCH3 is 2. The Balaban J connectivity index is 1.47. The third-order valence-electron chi connectivity index (χ3n) is 7.12. The van der Waals surface area contributed by atoms with E-state index < -0.39 is 0 Å². The minimum Gasteiger partial charge on any atom is -0.495 e. The van der Waals surface area contributed by atoms with Crippen LogP contribution >= 0.6 is 0 Å². The number of ether oxygens (including phenoxy) is 2. The fraction of sp³-hybridized carbons (Fsp3) is 0.310. The fourth-order valence-corrected chi connectivity index (χ4v) is 4.88. The molecule has 1 amide bonds. The lowest BCUT2D eigenvalue weighted by Gasteiger charge is -2.29. The molecule has 2 N–H and O–H groups in total. The minimum atomic E-state index is -0.274. The number of rotatable bonds is 7. The van der Waals surface area contributed by atoms with Crippen molar-refractivity contribution < 1.29 is 14.3 Å². The highest BCUT2D eigenvalue weighted by molar-refractivity contribution is 5.96. The first-order valence-corrected chi connectivity index (χ1v) is 12.8. The number of likely N-dealkylation sites (tertiary alicyclic amines) is 1. The monoisotopic (exact) mass is 528 g/mol. The molecular weight excluding hydrogens is 496 g/mol. The van der Waals surface area contributed by atoms with E-state index in [0.29, 0.717) is 39.5 Å². The van der Waals surface area contributed by atoms with E-state index in [1.807, 2.05) is 30.3 Å². The first-order chi connectivity index (χ1) is 18.9. The number of nitrogens with one attached hydrogen (secondary N) is 2. The van der Waals surface area contributed by atoms with Gasteiger partial charge in [-0.05, 0) is 56.7 Å². The SMILES string of the molecule is COc1cc(C(=O)NC2CCN(C)CC2)ccc1Nc1ncc2c(n1)c(-c1ccccc1)c(OC)c(=O)n2C. The Bertz CT molecular complexity index is 1560. The highest BCUT2D eigenvalue weighted by Gasteiger charge is 2.22. The van der Waals surface area contributed by atoms with Crippen LogP contribution in [-0.4, -0.2) is 65.7 Å². The lowest BCUT2D eigenvalue weighted by molar-refractivity contribution is 0.0916. The van der Waals surface area contributed by atoms with Gasteiger partial charge in [0, 0.05) is 18.7 Å².